The Kier molecular flexibility index (Phi) is 3.75. The maximum atomic E-state index is 2.26. The number of hydrogen-bond acceptors (Lipinski definition) is 0. The first-order chi connectivity index (χ1) is 6.24. The molecule has 1 rings (SSSR count). The van der Waals surface area contributed by atoms with E-state index in [0.717, 1.165) is 6.42 Å². The minimum Gasteiger partial charge on any atom is -0.0914 e. The second-order valence-corrected chi connectivity index (χ2v) is 3.63. The van der Waals surface area contributed by atoms with Crippen molar-refractivity contribution in [1.29, 1.82) is 0 Å². The Morgan fingerprint density at radius 3 is 2.62 bits per heavy atom. The van der Waals surface area contributed by atoms with Crippen molar-refractivity contribution in [2.75, 3.05) is 0 Å². The zero-order valence-corrected chi connectivity index (χ0v) is 8.75. The Labute approximate surface area is 81.3 Å². The first kappa shape index (κ1) is 10.0. The van der Waals surface area contributed by atoms with Gasteiger partial charge in [0.2, 0.25) is 0 Å². The van der Waals surface area contributed by atoms with Crippen LogP contribution in [0, 0.1) is 12.8 Å². The largest absolute Gasteiger partial charge is 0.0914 e. The van der Waals surface area contributed by atoms with Gasteiger partial charge in [0.05, 0.1) is 0 Å². The summed E-state index contributed by atoms with van der Waals surface area (Å²) in [6.45, 7) is 6.51. The number of rotatable bonds is 3. The summed E-state index contributed by atoms with van der Waals surface area (Å²) in [5.74, 6) is 0.645. The average Bonchev–Trinajstić information content (AvgIpc) is 2.09. The molecule has 0 aromatic heterocycles. The smallest absolute Gasteiger partial charge is 0.0216 e. The van der Waals surface area contributed by atoms with E-state index < -0.39 is 0 Å². The van der Waals surface area contributed by atoms with Crippen LogP contribution in [0.1, 0.15) is 25.0 Å². The van der Waals surface area contributed by atoms with Crippen LogP contribution in [0.4, 0.5) is 0 Å². The Balaban J connectivity index is 2.68. The second-order valence-electron chi connectivity index (χ2n) is 3.63. The van der Waals surface area contributed by atoms with Crippen LogP contribution in [0.2, 0.25) is 0 Å². The molecular formula is C13H18. The molecule has 0 amide bonds. The van der Waals surface area contributed by atoms with Crippen molar-refractivity contribution in [3.05, 3.63) is 47.5 Å². The van der Waals surface area contributed by atoms with Gasteiger partial charge in [-0.15, -0.1) is 0 Å². The molecule has 1 aromatic carbocycles. The molecule has 0 aliphatic rings. The highest BCUT2D eigenvalue weighted by molar-refractivity contribution is 5.26. The predicted octanol–water partition coefficient (Wildman–Crippen LogP) is 3.75. The number of hydrogen-bond donors (Lipinski definition) is 0. The molecule has 0 fully saturated rings. The van der Waals surface area contributed by atoms with Crippen molar-refractivity contribution < 1.29 is 0 Å². The Hall–Kier alpha value is -1.04. The van der Waals surface area contributed by atoms with Crippen LogP contribution in [0.25, 0.3) is 0 Å². The van der Waals surface area contributed by atoms with E-state index in [1.54, 1.807) is 0 Å². The first-order valence-corrected chi connectivity index (χ1v) is 4.91. The van der Waals surface area contributed by atoms with E-state index >= 15 is 0 Å². The lowest BCUT2D eigenvalue weighted by atomic mass is 9.97. The topological polar surface area (TPSA) is 0 Å². The summed E-state index contributed by atoms with van der Waals surface area (Å²) >= 11 is 0. The molecule has 1 unspecified atom stereocenters. The van der Waals surface area contributed by atoms with Gasteiger partial charge >= 0.3 is 0 Å². The fourth-order valence-corrected chi connectivity index (χ4v) is 1.58. The quantitative estimate of drug-likeness (QED) is 0.612. The molecule has 0 heteroatoms. The number of allylic oxidation sites excluding steroid dienone is 2. The standard InChI is InChI=1S/C13H18/c1-4-7-11(2)10-13-9-6-5-8-12(13)3/h4-9,11H,10H2,1-3H3/b7-4+. The van der Waals surface area contributed by atoms with Gasteiger partial charge in [-0.3, -0.25) is 0 Å². The molecule has 0 radical (unpaired) electrons. The van der Waals surface area contributed by atoms with Crippen LogP contribution in [-0.2, 0) is 6.42 Å². The van der Waals surface area contributed by atoms with Gasteiger partial charge < -0.3 is 0 Å². The van der Waals surface area contributed by atoms with Gasteiger partial charge in [-0.1, -0.05) is 43.3 Å². The highest BCUT2D eigenvalue weighted by Gasteiger charge is 2.01. The fourth-order valence-electron chi connectivity index (χ4n) is 1.58. The lowest BCUT2D eigenvalue weighted by molar-refractivity contribution is 0.719. The van der Waals surface area contributed by atoms with Gasteiger partial charge in [0.25, 0.3) is 0 Å². The van der Waals surface area contributed by atoms with Crippen molar-refractivity contribution in [3.63, 3.8) is 0 Å². The van der Waals surface area contributed by atoms with Gasteiger partial charge in [-0.25, -0.2) is 0 Å². The summed E-state index contributed by atoms with van der Waals surface area (Å²) in [5.41, 5.74) is 2.87. The molecule has 70 valence electrons. The van der Waals surface area contributed by atoms with Gasteiger partial charge in [0.15, 0.2) is 0 Å². The van der Waals surface area contributed by atoms with Gasteiger partial charge in [-0.2, -0.15) is 0 Å². The maximum absolute atomic E-state index is 2.26. The summed E-state index contributed by atoms with van der Waals surface area (Å²) < 4.78 is 0. The molecule has 0 aliphatic carbocycles. The Bertz CT molecular complexity index is 284. The molecular weight excluding hydrogens is 156 g/mol. The molecule has 0 aliphatic heterocycles. The highest BCUT2D eigenvalue weighted by atomic mass is 14.1. The molecule has 0 saturated carbocycles. The predicted molar refractivity (Wildman–Crippen MR) is 58.9 cm³/mol. The van der Waals surface area contributed by atoms with Gasteiger partial charge in [0, 0.05) is 0 Å². The van der Waals surface area contributed by atoms with E-state index in [-0.39, 0.29) is 0 Å². The van der Waals surface area contributed by atoms with Crippen LogP contribution in [0.3, 0.4) is 0 Å². The number of aryl methyl sites for hydroxylation is 1. The number of benzene rings is 1. The summed E-state index contributed by atoms with van der Waals surface area (Å²) in [4.78, 5) is 0. The van der Waals surface area contributed by atoms with Crippen LogP contribution in [0.5, 0.6) is 0 Å². The Morgan fingerprint density at radius 1 is 1.31 bits per heavy atom. The van der Waals surface area contributed by atoms with Crippen LogP contribution < -0.4 is 0 Å². The van der Waals surface area contributed by atoms with Crippen molar-refractivity contribution in [3.8, 4) is 0 Å². The summed E-state index contributed by atoms with van der Waals surface area (Å²) in [7, 11) is 0. The van der Waals surface area contributed by atoms with E-state index in [1.165, 1.54) is 11.1 Å². The first-order valence-electron chi connectivity index (χ1n) is 4.91. The van der Waals surface area contributed by atoms with Crippen LogP contribution in [0.15, 0.2) is 36.4 Å². The molecule has 1 atom stereocenters. The SMILES string of the molecule is C/C=C/C(C)Cc1ccccc1C. The molecule has 13 heavy (non-hydrogen) atoms. The van der Waals surface area contributed by atoms with Crippen molar-refractivity contribution in [2.45, 2.75) is 27.2 Å². The lowest BCUT2D eigenvalue weighted by Crippen LogP contribution is -1.97. The third kappa shape index (κ3) is 3.06. The van der Waals surface area contributed by atoms with E-state index in [0.29, 0.717) is 5.92 Å². The highest BCUT2D eigenvalue weighted by Crippen LogP contribution is 2.13. The average molecular weight is 174 g/mol. The molecule has 1 aromatic rings. The third-order valence-electron chi connectivity index (χ3n) is 2.32. The van der Waals surface area contributed by atoms with E-state index in [1.807, 2.05) is 0 Å². The van der Waals surface area contributed by atoms with Crippen molar-refractivity contribution >= 4 is 0 Å². The van der Waals surface area contributed by atoms with Crippen LogP contribution >= 0.6 is 0 Å². The monoisotopic (exact) mass is 174 g/mol. The third-order valence-corrected chi connectivity index (χ3v) is 2.32. The molecule has 0 nitrogen and oxygen atoms in total. The summed E-state index contributed by atoms with van der Waals surface area (Å²) in [6.07, 6.45) is 5.53. The zero-order valence-electron chi connectivity index (χ0n) is 8.75. The van der Waals surface area contributed by atoms with Crippen molar-refractivity contribution in [2.24, 2.45) is 5.92 Å². The molecule has 0 saturated heterocycles. The minimum absolute atomic E-state index is 0.645. The van der Waals surface area contributed by atoms with Crippen LogP contribution in [-0.4, -0.2) is 0 Å². The molecule has 0 spiro atoms. The van der Waals surface area contributed by atoms with Gasteiger partial charge in [-0.05, 0) is 37.3 Å². The lowest BCUT2D eigenvalue weighted by Gasteiger charge is -2.08. The Morgan fingerprint density at radius 2 is 2.00 bits per heavy atom. The van der Waals surface area contributed by atoms with E-state index in [2.05, 4.69) is 57.2 Å². The fraction of sp³-hybridized carbons (Fsp3) is 0.385. The normalized spacial score (nSPS) is 13.5. The molecule has 0 bridgehead atoms. The second kappa shape index (κ2) is 4.86. The minimum atomic E-state index is 0.645. The van der Waals surface area contributed by atoms with E-state index in [9.17, 15) is 0 Å². The maximum Gasteiger partial charge on any atom is -0.0216 e. The van der Waals surface area contributed by atoms with Gasteiger partial charge in [0.1, 0.15) is 0 Å². The van der Waals surface area contributed by atoms with Crippen molar-refractivity contribution in [1.82, 2.24) is 0 Å². The molecule has 0 N–H and O–H groups in total. The molecule has 0 heterocycles. The summed E-state index contributed by atoms with van der Waals surface area (Å²) in [6, 6.07) is 8.61. The summed E-state index contributed by atoms with van der Waals surface area (Å²) in [5, 5.41) is 0. The van der Waals surface area contributed by atoms with E-state index in [4.69, 9.17) is 0 Å². The zero-order chi connectivity index (χ0) is 9.68.